The number of nitrogens with zero attached hydrogens (tertiary/aromatic N) is 4. The van der Waals surface area contributed by atoms with Crippen LogP contribution in [0, 0.1) is 0 Å². The standard InChI is InChI=1S/C49H28N4S3/c1-2-8-31-25-32(14-13-29(31)7-1)33-17-22-41-46(28-33)56-49(52-41)35-19-24-43-38(27-35)37-26-34(48-51-40-10-4-6-12-45(40)55-48)18-23-42(37)53(43)36-20-15-30(16-21-36)47-50-39-9-3-5-11-44(39)54-47/h1-28H. The summed E-state index contributed by atoms with van der Waals surface area (Å²) in [4.78, 5) is 15.1. The van der Waals surface area contributed by atoms with E-state index < -0.39 is 0 Å². The van der Waals surface area contributed by atoms with Gasteiger partial charge in [-0.3, -0.25) is 0 Å². The summed E-state index contributed by atoms with van der Waals surface area (Å²) in [5, 5.41) is 7.95. The van der Waals surface area contributed by atoms with Gasteiger partial charge in [0, 0.05) is 33.2 Å². The molecule has 0 aliphatic heterocycles. The van der Waals surface area contributed by atoms with Crippen LogP contribution in [-0.4, -0.2) is 19.5 Å². The second kappa shape index (κ2) is 12.5. The van der Waals surface area contributed by atoms with Crippen LogP contribution in [0.15, 0.2) is 170 Å². The number of aromatic nitrogens is 4. The third kappa shape index (κ3) is 5.20. The number of hydrogen-bond donors (Lipinski definition) is 0. The molecule has 0 saturated heterocycles. The molecule has 0 spiro atoms. The molecule has 0 atom stereocenters. The molecule has 4 heterocycles. The van der Waals surface area contributed by atoms with E-state index in [2.05, 4.69) is 168 Å². The van der Waals surface area contributed by atoms with E-state index in [4.69, 9.17) is 15.0 Å². The van der Waals surface area contributed by atoms with E-state index in [-0.39, 0.29) is 0 Å². The van der Waals surface area contributed by atoms with Gasteiger partial charge in [-0.2, -0.15) is 0 Å². The van der Waals surface area contributed by atoms with E-state index in [1.165, 1.54) is 46.8 Å². The predicted molar refractivity (Wildman–Crippen MR) is 240 cm³/mol. The Morgan fingerprint density at radius 2 is 0.821 bits per heavy atom. The molecule has 262 valence electrons. The van der Waals surface area contributed by atoms with Crippen molar-refractivity contribution < 1.29 is 0 Å². The van der Waals surface area contributed by atoms with Crippen molar-refractivity contribution in [2.45, 2.75) is 0 Å². The highest BCUT2D eigenvalue weighted by Gasteiger charge is 2.18. The first kappa shape index (κ1) is 31.8. The number of para-hydroxylation sites is 2. The third-order valence-corrected chi connectivity index (χ3v) is 13.9. The Bertz CT molecular complexity index is 3430. The summed E-state index contributed by atoms with van der Waals surface area (Å²) in [6.07, 6.45) is 0. The maximum atomic E-state index is 5.16. The summed E-state index contributed by atoms with van der Waals surface area (Å²) in [6, 6.07) is 61.0. The lowest BCUT2D eigenvalue weighted by atomic mass is 10.0. The third-order valence-electron chi connectivity index (χ3n) is 10.7. The average molecular weight is 769 g/mol. The lowest BCUT2D eigenvalue weighted by Crippen LogP contribution is -1.94. The SMILES string of the molecule is c1ccc2cc(-c3ccc4nc(-c5ccc6c(c5)c5cc(-c7nc8ccccc8s7)ccc5n6-c5ccc(-c6nc7ccccc7s6)cc5)sc4c3)ccc2c1. The lowest BCUT2D eigenvalue weighted by Gasteiger charge is -2.09. The second-order valence-electron chi connectivity index (χ2n) is 14.1. The van der Waals surface area contributed by atoms with Gasteiger partial charge in [0.2, 0.25) is 0 Å². The molecule has 0 saturated carbocycles. The van der Waals surface area contributed by atoms with Crippen LogP contribution in [0.5, 0.6) is 0 Å². The van der Waals surface area contributed by atoms with Crippen LogP contribution in [0.3, 0.4) is 0 Å². The number of rotatable bonds is 5. The molecule has 0 N–H and O–H groups in total. The Labute approximate surface area is 333 Å². The molecule has 4 nitrogen and oxygen atoms in total. The quantitative estimate of drug-likeness (QED) is 0.175. The maximum Gasteiger partial charge on any atom is 0.124 e. The summed E-state index contributed by atoms with van der Waals surface area (Å²) in [5.74, 6) is 0. The number of fused-ring (bicyclic) bond motifs is 7. The van der Waals surface area contributed by atoms with E-state index in [0.717, 1.165) is 65.0 Å². The summed E-state index contributed by atoms with van der Waals surface area (Å²) in [6.45, 7) is 0. The molecule has 0 aliphatic carbocycles. The number of thiazole rings is 3. The van der Waals surface area contributed by atoms with Gasteiger partial charge in [-0.1, -0.05) is 66.7 Å². The Balaban J connectivity index is 0.988. The van der Waals surface area contributed by atoms with Crippen molar-refractivity contribution in [1.29, 1.82) is 0 Å². The Kier molecular flexibility index (Phi) is 7.11. The molecule has 0 aliphatic rings. The van der Waals surface area contributed by atoms with E-state index in [9.17, 15) is 0 Å². The molecule has 0 fully saturated rings. The van der Waals surface area contributed by atoms with Crippen molar-refractivity contribution in [3.63, 3.8) is 0 Å². The summed E-state index contributed by atoms with van der Waals surface area (Å²) >= 11 is 5.22. The van der Waals surface area contributed by atoms with Gasteiger partial charge in [-0.05, 0) is 125 Å². The van der Waals surface area contributed by atoms with Gasteiger partial charge in [-0.15, -0.1) is 34.0 Å². The summed E-state index contributed by atoms with van der Waals surface area (Å²) in [7, 11) is 0. The van der Waals surface area contributed by atoms with Gasteiger partial charge < -0.3 is 4.57 Å². The minimum atomic E-state index is 1.01. The van der Waals surface area contributed by atoms with Crippen molar-refractivity contribution >= 4 is 97.2 Å². The molecule has 12 aromatic rings. The first-order valence-corrected chi connectivity index (χ1v) is 20.9. The van der Waals surface area contributed by atoms with E-state index in [1.807, 2.05) is 6.07 Å². The minimum Gasteiger partial charge on any atom is -0.309 e. The van der Waals surface area contributed by atoms with Crippen LogP contribution in [0.4, 0.5) is 0 Å². The van der Waals surface area contributed by atoms with Crippen LogP contribution in [-0.2, 0) is 0 Å². The summed E-state index contributed by atoms with van der Waals surface area (Å²) in [5.41, 5.74) is 12.3. The van der Waals surface area contributed by atoms with Gasteiger partial charge in [0.1, 0.15) is 15.0 Å². The first-order chi connectivity index (χ1) is 27.7. The zero-order valence-corrected chi connectivity index (χ0v) is 32.1. The molecule has 56 heavy (non-hydrogen) atoms. The highest BCUT2D eigenvalue weighted by atomic mass is 32.1. The van der Waals surface area contributed by atoms with Crippen LogP contribution in [0.25, 0.3) is 112 Å². The smallest absolute Gasteiger partial charge is 0.124 e. The van der Waals surface area contributed by atoms with Crippen molar-refractivity contribution in [3.8, 4) is 48.5 Å². The zero-order valence-electron chi connectivity index (χ0n) is 29.7. The van der Waals surface area contributed by atoms with Crippen molar-refractivity contribution in [1.82, 2.24) is 19.5 Å². The van der Waals surface area contributed by atoms with E-state index >= 15 is 0 Å². The predicted octanol–water partition coefficient (Wildman–Crippen LogP) is 14.4. The van der Waals surface area contributed by atoms with Crippen LogP contribution < -0.4 is 0 Å². The van der Waals surface area contributed by atoms with Gasteiger partial charge in [0.25, 0.3) is 0 Å². The molecule has 0 unspecified atom stereocenters. The van der Waals surface area contributed by atoms with E-state index in [1.54, 1.807) is 34.0 Å². The topological polar surface area (TPSA) is 43.6 Å². The first-order valence-electron chi connectivity index (χ1n) is 18.5. The van der Waals surface area contributed by atoms with E-state index in [0.29, 0.717) is 0 Å². The molecular weight excluding hydrogens is 741 g/mol. The Morgan fingerprint density at radius 3 is 1.46 bits per heavy atom. The monoisotopic (exact) mass is 768 g/mol. The van der Waals surface area contributed by atoms with Gasteiger partial charge in [-0.25, -0.2) is 15.0 Å². The Morgan fingerprint density at radius 1 is 0.339 bits per heavy atom. The molecule has 12 rings (SSSR count). The zero-order chi connectivity index (χ0) is 36.7. The number of hydrogen-bond acceptors (Lipinski definition) is 6. The molecule has 0 bridgehead atoms. The van der Waals surface area contributed by atoms with Crippen LogP contribution >= 0.6 is 34.0 Å². The molecule has 0 amide bonds. The van der Waals surface area contributed by atoms with Crippen LogP contribution in [0.2, 0.25) is 0 Å². The fourth-order valence-electron chi connectivity index (χ4n) is 7.91. The highest BCUT2D eigenvalue weighted by Crippen LogP contribution is 2.41. The fourth-order valence-corrected chi connectivity index (χ4v) is 10.8. The van der Waals surface area contributed by atoms with Crippen molar-refractivity contribution in [2.75, 3.05) is 0 Å². The summed E-state index contributed by atoms with van der Waals surface area (Å²) < 4.78 is 5.96. The maximum absolute atomic E-state index is 5.16. The van der Waals surface area contributed by atoms with Crippen molar-refractivity contribution in [2.24, 2.45) is 0 Å². The van der Waals surface area contributed by atoms with Gasteiger partial charge in [0.05, 0.1) is 41.7 Å². The Hall–Kier alpha value is -6.51. The molecule has 0 radical (unpaired) electrons. The van der Waals surface area contributed by atoms with Gasteiger partial charge >= 0.3 is 0 Å². The largest absolute Gasteiger partial charge is 0.309 e. The highest BCUT2D eigenvalue weighted by molar-refractivity contribution is 7.22. The molecule has 7 heteroatoms. The average Bonchev–Trinajstić information content (AvgIpc) is 4.05. The number of benzene rings is 8. The minimum absolute atomic E-state index is 1.01. The fraction of sp³-hybridized carbons (Fsp3) is 0. The molecular formula is C49H28N4S3. The lowest BCUT2D eigenvalue weighted by molar-refractivity contribution is 1.18. The second-order valence-corrected chi connectivity index (χ2v) is 17.2. The molecule has 4 aromatic heterocycles. The molecule has 8 aromatic carbocycles. The van der Waals surface area contributed by atoms with Gasteiger partial charge in [0.15, 0.2) is 0 Å². The van der Waals surface area contributed by atoms with Crippen molar-refractivity contribution in [3.05, 3.63) is 170 Å². The normalized spacial score (nSPS) is 11.9. The van der Waals surface area contributed by atoms with Crippen LogP contribution in [0.1, 0.15) is 0 Å².